The maximum absolute atomic E-state index is 13.4. The summed E-state index contributed by atoms with van der Waals surface area (Å²) in [7, 11) is 0. The number of hydrogen-bond acceptors (Lipinski definition) is 4. The summed E-state index contributed by atoms with van der Waals surface area (Å²) in [6.45, 7) is 3.64. The second-order valence-electron chi connectivity index (χ2n) is 7.96. The molecule has 0 bridgehead atoms. The Morgan fingerprint density at radius 2 is 1.67 bits per heavy atom. The van der Waals surface area contributed by atoms with Crippen molar-refractivity contribution in [1.29, 1.82) is 0 Å². The van der Waals surface area contributed by atoms with Crippen LogP contribution in [0.15, 0.2) is 47.5 Å². The summed E-state index contributed by atoms with van der Waals surface area (Å²) in [4.78, 5) is 32.2. The average molecular weight is 458 g/mol. The van der Waals surface area contributed by atoms with Crippen molar-refractivity contribution in [3.63, 3.8) is 0 Å². The number of nitrogens with one attached hydrogen (secondary N) is 1. The molecular weight excluding hydrogens is 428 g/mol. The zero-order chi connectivity index (χ0) is 24.0. The summed E-state index contributed by atoms with van der Waals surface area (Å²) >= 11 is 0. The van der Waals surface area contributed by atoms with Crippen LogP contribution < -0.4 is 5.32 Å². The standard InChI is InChI=1S/C23H23F2N3O3.C2H6/c24-17-10-18(25)12-19(11-17)26-20(30)13-28-22(31)21(16-6-4-15(14-29)5-7-16)27-23(28)8-2-1-3-9-23;1-2/h4-7,10-12,29H,1-3,8-9,13-14H2,(H,26,30);1-2H3. The van der Waals surface area contributed by atoms with E-state index in [-0.39, 0.29) is 30.5 Å². The lowest BCUT2D eigenvalue weighted by atomic mass is 9.88. The largest absolute Gasteiger partial charge is 0.392 e. The number of nitrogens with zero attached hydrogens (tertiary/aromatic N) is 2. The molecule has 1 heterocycles. The third-order valence-electron chi connectivity index (χ3n) is 5.78. The second kappa shape index (κ2) is 10.7. The van der Waals surface area contributed by atoms with Gasteiger partial charge in [-0.05, 0) is 43.4 Å². The third kappa shape index (κ3) is 5.45. The Morgan fingerprint density at radius 3 is 2.24 bits per heavy atom. The molecule has 176 valence electrons. The van der Waals surface area contributed by atoms with Gasteiger partial charge >= 0.3 is 0 Å². The minimum absolute atomic E-state index is 0.00688. The quantitative estimate of drug-likeness (QED) is 0.698. The van der Waals surface area contributed by atoms with Crippen LogP contribution in [0.4, 0.5) is 14.5 Å². The highest BCUT2D eigenvalue weighted by atomic mass is 19.1. The predicted octanol–water partition coefficient (Wildman–Crippen LogP) is 4.41. The first-order valence-electron chi connectivity index (χ1n) is 11.3. The minimum atomic E-state index is -0.798. The highest BCUT2D eigenvalue weighted by molar-refractivity contribution is 6.47. The molecule has 1 saturated carbocycles. The molecule has 2 amide bonds. The van der Waals surface area contributed by atoms with Gasteiger partial charge in [0, 0.05) is 17.3 Å². The second-order valence-corrected chi connectivity index (χ2v) is 7.96. The molecule has 6 nitrogen and oxygen atoms in total. The van der Waals surface area contributed by atoms with Gasteiger partial charge in [0.05, 0.1) is 6.61 Å². The first-order chi connectivity index (χ1) is 15.9. The number of halogens is 2. The fourth-order valence-electron chi connectivity index (χ4n) is 4.28. The molecule has 0 aromatic heterocycles. The Balaban J connectivity index is 0.00000149. The smallest absolute Gasteiger partial charge is 0.275 e. The van der Waals surface area contributed by atoms with Gasteiger partial charge in [-0.15, -0.1) is 0 Å². The van der Waals surface area contributed by atoms with Gasteiger partial charge in [-0.1, -0.05) is 44.5 Å². The number of aliphatic hydroxyl groups is 1. The summed E-state index contributed by atoms with van der Waals surface area (Å²) in [5.74, 6) is -2.49. The van der Waals surface area contributed by atoms with Crippen LogP contribution in [0.3, 0.4) is 0 Å². The van der Waals surface area contributed by atoms with Crippen molar-refractivity contribution in [3.05, 3.63) is 65.2 Å². The zero-order valence-corrected chi connectivity index (χ0v) is 18.9. The monoisotopic (exact) mass is 457 g/mol. The molecular formula is C25H29F2N3O3. The average Bonchev–Trinajstić information content (AvgIpc) is 3.06. The van der Waals surface area contributed by atoms with Crippen molar-refractivity contribution in [2.24, 2.45) is 4.99 Å². The van der Waals surface area contributed by atoms with Gasteiger partial charge in [-0.3, -0.25) is 14.6 Å². The number of carbonyl (C=O) groups is 2. The molecule has 1 spiro atoms. The van der Waals surface area contributed by atoms with Crippen molar-refractivity contribution < 1.29 is 23.5 Å². The molecule has 2 aromatic rings. The minimum Gasteiger partial charge on any atom is -0.392 e. The van der Waals surface area contributed by atoms with Gasteiger partial charge in [0.2, 0.25) is 5.91 Å². The van der Waals surface area contributed by atoms with Crippen LogP contribution in [0, 0.1) is 11.6 Å². The van der Waals surface area contributed by atoms with Crippen molar-refractivity contribution in [3.8, 4) is 0 Å². The summed E-state index contributed by atoms with van der Waals surface area (Å²) in [6, 6.07) is 9.69. The van der Waals surface area contributed by atoms with Gasteiger partial charge in [0.25, 0.3) is 5.91 Å². The highest BCUT2D eigenvalue weighted by Gasteiger charge is 2.48. The Labute approximate surface area is 192 Å². The highest BCUT2D eigenvalue weighted by Crippen LogP contribution is 2.39. The first-order valence-corrected chi connectivity index (χ1v) is 11.3. The molecule has 0 atom stereocenters. The van der Waals surface area contributed by atoms with E-state index in [4.69, 9.17) is 4.99 Å². The van der Waals surface area contributed by atoms with Crippen LogP contribution in [0.1, 0.15) is 57.1 Å². The van der Waals surface area contributed by atoms with Gasteiger partial charge in [-0.25, -0.2) is 8.78 Å². The maximum Gasteiger partial charge on any atom is 0.275 e. The summed E-state index contributed by atoms with van der Waals surface area (Å²) < 4.78 is 26.9. The van der Waals surface area contributed by atoms with E-state index in [1.165, 1.54) is 4.90 Å². The molecule has 0 saturated heterocycles. The molecule has 2 aromatic carbocycles. The molecule has 8 heteroatoms. The van der Waals surface area contributed by atoms with Crippen LogP contribution in [0.25, 0.3) is 0 Å². The van der Waals surface area contributed by atoms with E-state index >= 15 is 0 Å². The lowest BCUT2D eigenvalue weighted by Gasteiger charge is -2.38. The lowest BCUT2D eigenvalue weighted by Crippen LogP contribution is -2.51. The Morgan fingerprint density at radius 1 is 1.06 bits per heavy atom. The third-order valence-corrected chi connectivity index (χ3v) is 5.78. The Hall–Kier alpha value is -3.13. The van der Waals surface area contributed by atoms with Gasteiger partial charge in [0.1, 0.15) is 29.6 Å². The van der Waals surface area contributed by atoms with Crippen LogP contribution in [0.5, 0.6) is 0 Å². The van der Waals surface area contributed by atoms with Gasteiger partial charge in [-0.2, -0.15) is 0 Å². The number of rotatable bonds is 5. The number of amides is 2. The molecule has 2 N–H and O–H groups in total. The van der Waals surface area contributed by atoms with Crippen molar-refractivity contribution in [2.75, 3.05) is 11.9 Å². The lowest BCUT2D eigenvalue weighted by molar-refractivity contribution is -0.134. The van der Waals surface area contributed by atoms with Gasteiger partial charge < -0.3 is 15.3 Å². The number of benzene rings is 2. The predicted molar refractivity (Wildman–Crippen MR) is 123 cm³/mol. The van der Waals surface area contributed by atoms with E-state index in [1.54, 1.807) is 24.3 Å². The van der Waals surface area contributed by atoms with Crippen LogP contribution in [0.2, 0.25) is 0 Å². The van der Waals surface area contributed by atoms with E-state index in [0.717, 1.165) is 43.0 Å². The van der Waals surface area contributed by atoms with Crippen molar-refractivity contribution in [1.82, 2.24) is 4.90 Å². The molecule has 1 fully saturated rings. The summed E-state index contributed by atoms with van der Waals surface area (Å²) in [5.41, 5.74) is 0.844. The number of anilines is 1. The van der Waals surface area contributed by atoms with Crippen LogP contribution in [-0.2, 0) is 16.2 Å². The molecule has 0 unspecified atom stereocenters. The number of aliphatic hydroxyl groups excluding tert-OH is 1. The maximum atomic E-state index is 13.4. The summed E-state index contributed by atoms with van der Waals surface area (Å²) in [5, 5.41) is 11.7. The molecule has 2 aliphatic rings. The number of carbonyl (C=O) groups excluding carboxylic acids is 2. The molecule has 1 aliphatic heterocycles. The fraction of sp³-hybridized carbons (Fsp3) is 0.400. The SMILES string of the molecule is CC.O=C(CN1C(=O)C(c2ccc(CO)cc2)=NC12CCCCC2)Nc1cc(F)cc(F)c1. The van der Waals surface area contributed by atoms with E-state index in [2.05, 4.69) is 5.32 Å². The molecule has 4 rings (SSSR count). The van der Waals surface area contributed by atoms with Crippen molar-refractivity contribution in [2.45, 2.75) is 58.2 Å². The van der Waals surface area contributed by atoms with E-state index in [0.29, 0.717) is 18.4 Å². The Kier molecular flexibility index (Phi) is 7.92. The summed E-state index contributed by atoms with van der Waals surface area (Å²) in [6.07, 6.45) is 4.12. The zero-order valence-electron chi connectivity index (χ0n) is 18.9. The van der Waals surface area contributed by atoms with E-state index in [9.17, 15) is 23.5 Å². The number of aliphatic imine (C=N–C) groups is 1. The molecule has 0 radical (unpaired) electrons. The van der Waals surface area contributed by atoms with Crippen molar-refractivity contribution >= 4 is 23.2 Å². The first kappa shape index (κ1) is 24.5. The van der Waals surface area contributed by atoms with E-state index in [1.807, 2.05) is 13.8 Å². The molecule has 1 aliphatic carbocycles. The normalized spacial score (nSPS) is 16.8. The Bertz CT molecular complexity index is 1010. The number of hydrogen-bond donors (Lipinski definition) is 2. The fourth-order valence-corrected chi connectivity index (χ4v) is 4.28. The van der Waals surface area contributed by atoms with Crippen LogP contribution >= 0.6 is 0 Å². The molecule has 33 heavy (non-hydrogen) atoms. The van der Waals surface area contributed by atoms with E-state index < -0.39 is 23.2 Å². The van der Waals surface area contributed by atoms with Crippen LogP contribution in [-0.4, -0.2) is 39.7 Å². The van der Waals surface area contributed by atoms with Gasteiger partial charge in [0.15, 0.2) is 0 Å². The topological polar surface area (TPSA) is 82.0 Å².